The third-order valence-corrected chi connectivity index (χ3v) is 2.22. The fraction of sp³-hybridized carbons (Fsp3) is 0.400. The quantitative estimate of drug-likeness (QED) is 0.379. The van der Waals surface area contributed by atoms with Crippen LogP contribution >= 0.6 is 0 Å². The molecule has 0 saturated carbocycles. The van der Waals surface area contributed by atoms with Gasteiger partial charge in [0.15, 0.2) is 0 Å². The van der Waals surface area contributed by atoms with Crippen molar-refractivity contribution in [2.24, 2.45) is 0 Å². The molecule has 0 fully saturated rings. The fourth-order valence-corrected chi connectivity index (χ4v) is 1.01. The summed E-state index contributed by atoms with van der Waals surface area (Å²) in [6, 6.07) is 5.26. The molecule has 0 unspecified atom stereocenters. The van der Waals surface area contributed by atoms with Crippen molar-refractivity contribution in [3.05, 3.63) is 34.4 Å². The van der Waals surface area contributed by atoms with Crippen LogP contribution in [0.2, 0.25) is 0 Å². The minimum Gasteiger partial charge on any atom is -1.00 e. The summed E-state index contributed by atoms with van der Waals surface area (Å²) in [7, 11) is 0. The molecule has 0 aliphatic heterocycles. The zero-order valence-electron chi connectivity index (χ0n) is 8.16. The minimum absolute atomic E-state index is 0. The van der Waals surface area contributed by atoms with Crippen molar-refractivity contribution in [1.29, 1.82) is 0 Å². The molecule has 0 heterocycles. The van der Waals surface area contributed by atoms with Crippen LogP contribution in [0, 0.1) is 33.8 Å². The molecule has 0 nitrogen and oxygen atoms in total. The van der Waals surface area contributed by atoms with Crippen LogP contribution in [0.3, 0.4) is 0 Å². The maximum absolute atomic E-state index is 3.21. The average Bonchev–Trinajstić information content (AvgIpc) is 1.93. The van der Waals surface area contributed by atoms with Gasteiger partial charge in [-0.15, -0.1) is 0 Å². The zero-order chi connectivity index (χ0) is 7.72. The van der Waals surface area contributed by atoms with E-state index in [0.717, 1.165) is 0 Å². The molecule has 12 heavy (non-hydrogen) atoms. The number of rotatable bonds is 0. The van der Waals surface area contributed by atoms with Crippen LogP contribution in [0.5, 0.6) is 0 Å². The molecule has 0 bridgehead atoms. The molecule has 0 amide bonds. The number of aryl methyl sites for hydroxylation is 2. The second-order valence-electron chi connectivity index (χ2n) is 2.85. The van der Waals surface area contributed by atoms with Gasteiger partial charge in [0.1, 0.15) is 0 Å². The van der Waals surface area contributed by atoms with E-state index in [1.165, 1.54) is 22.3 Å². The largest absolute Gasteiger partial charge is 2.00 e. The Morgan fingerprint density at radius 3 is 1.92 bits per heavy atom. The van der Waals surface area contributed by atoms with Gasteiger partial charge < -0.3 is 12.4 Å². The first kappa shape index (κ1) is 14.8. The summed E-state index contributed by atoms with van der Waals surface area (Å²) in [4.78, 5) is 0. The Morgan fingerprint density at radius 2 is 1.50 bits per heavy atom. The summed E-state index contributed by atoms with van der Waals surface area (Å²) in [5.74, 6) is 0. The summed E-state index contributed by atoms with van der Waals surface area (Å²) in [5, 5.41) is 0. The molecular weight excluding hydrogens is 180 g/mol. The maximum atomic E-state index is 3.21. The van der Waals surface area contributed by atoms with Crippen LogP contribution in [-0.2, 0) is 0 Å². The molecule has 0 radical (unpaired) electrons. The van der Waals surface area contributed by atoms with Gasteiger partial charge in [0.05, 0.1) is 0 Å². The van der Waals surface area contributed by atoms with E-state index >= 15 is 0 Å². The topological polar surface area (TPSA) is 0 Å². The molecule has 0 atom stereocenters. The predicted octanol–water partition coefficient (Wildman–Crippen LogP) is -0.656. The first-order valence-electron chi connectivity index (χ1n) is 3.58. The van der Waals surface area contributed by atoms with Crippen LogP contribution in [-0.4, -0.2) is 23.1 Å². The number of hydrogen-bond donors (Lipinski definition) is 0. The number of halogens is 1. The Balaban J connectivity index is 0. The van der Waals surface area contributed by atoms with Crippen molar-refractivity contribution in [2.75, 3.05) is 0 Å². The van der Waals surface area contributed by atoms with Crippen LogP contribution in [0.15, 0.2) is 6.07 Å². The summed E-state index contributed by atoms with van der Waals surface area (Å²) in [6.45, 7) is 8.53. The van der Waals surface area contributed by atoms with E-state index in [0.29, 0.717) is 0 Å². The summed E-state index contributed by atoms with van der Waals surface area (Å²) >= 11 is 0. The van der Waals surface area contributed by atoms with Crippen LogP contribution in [0.4, 0.5) is 0 Å². The van der Waals surface area contributed by atoms with Gasteiger partial charge in [0.2, 0.25) is 0 Å². The van der Waals surface area contributed by atoms with Gasteiger partial charge >= 0.3 is 23.1 Å². The van der Waals surface area contributed by atoms with Gasteiger partial charge in [-0.3, -0.25) is 0 Å². The minimum atomic E-state index is 0. The third-order valence-electron chi connectivity index (χ3n) is 2.22. The van der Waals surface area contributed by atoms with Gasteiger partial charge in [0.25, 0.3) is 0 Å². The molecule has 1 aromatic rings. The van der Waals surface area contributed by atoms with Gasteiger partial charge in [-0.05, 0) is 0 Å². The summed E-state index contributed by atoms with van der Waals surface area (Å²) < 4.78 is 0. The molecule has 0 aromatic heterocycles. The van der Waals surface area contributed by atoms with Crippen molar-refractivity contribution < 1.29 is 12.4 Å². The predicted molar refractivity (Wildman–Crippen MR) is 50.0 cm³/mol. The van der Waals surface area contributed by atoms with Crippen molar-refractivity contribution in [2.45, 2.75) is 27.7 Å². The second-order valence-corrected chi connectivity index (χ2v) is 2.85. The molecular formula is C10H13ClMg. The van der Waals surface area contributed by atoms with Crippen LogP contribution < -0.4 is 12.4 Å². The van der Waals surface area contributed by atoms with Gasteiger partial charge in [-0.2, -0.15) is 34.4 Å². The zero-order valence-corrected chi connectivity index (χ0v) is 10.3. The van der Waals surface area contributed by atoms with E-state index in [4.69, 9.17) is 0 Å². The first-order valence-corrected chi connectivity index (χ1v) is 3.58. The Hall–Kier alpha value is 0.276. The van der Waals surface area contributed by atoms with Crippen molar-refractivity contribution >= 4 is 23.1 Å². The van der Waals surface area contributed by atoms with Crippen molar-refractivity contribution in [1.82, 2.24) is 0 Å². The van der Waals surface area contributed by atoms with E-state index in [1.54, 1.807) is 0 Å². The molecule has 2 heteroatoms. The van der Waals surface area contributed by atoms with E-state index in [1.807, 2.05) is 0 Å². The van der Waals surface area contributed by atoms with Crippen LogP contribution in [0.25, 0.3) is 0 Å². The van der Waals surface area contributed by atoms with Gasteiger partial charge in [-0.1, -0.05) is 27.7 Å². The van der Waals surface area contributed by atoms with E-state index < -0.39 is 0 Å². The normalized spacial score (nSPS) is 8.33. The van der Waals surface area contributed by atoms with E-state index in [9.17, 15) is 0 Å². The Kier molecular flexibility index (Phi) is 7.20. The van der Waals surface area contributed by atoms with Crippen molar-refractivity contribution in [3.63, 3.8) is 0 Å². The smallest absolute Gasteiger partial charge is 1.00 e. The maximum Gasteiger partial charge on any atom is 2.00 e. The molecule has 1 aromatic carbocycles. The fourth-order valence-electron chi connectivity index (χ4n) is 1.01. The number of hydrogen-bond acceptors (Lipinski definition) is 0. The molecule has 0 spiro atoms. The monoisotopic (exact) mass is 192 g/mol. The third kappa shape index (κ3) is 2.96. The standard InChI is InChI=1S/C10H13.ClH.Mg/c1-7-5-6-8(2)10(4)9(7)3;;/h5H,1-4H3;1H;/q-1;;+2/p-1. The Bertz CT molecular complexity index is 229. The first-order chi connectivity index (χ1) is 4.63. The Morgan fingerprint density at radius 1 is 1.00 bits per heavy atom. The summed E-state index contributed by atoms with van der Waals surface area (Å²) in [6.07, 6.45) is 0. The Labute approximate surface area is 97.3 Å². The molecule has 0 N–H and O–H groups in total. The molecule has 0 aliphatic carbocycles. The van der Waals surface area contributed by atoms with Gasteiger partial charge in [0, 0.05) is 0 Å². The second kappa shape index (κ2) is 5.84. The van der Waals surface area contributed by atoms with Crippen molar-refractivity contribution in [3.8, 4) is 0 Å². The van der Waals surface area contributed by atoms with E-state index in [-0.39, 0.29) is 35.5 Å². The molecule has 62 valence electrons. The van der Waals surface area contributed by atoms with Gasteiger partial charge in [-0.25, -0.2) is 0 Å². The SMILES string of the molecule is Cc1[c-]cc(C)c(C)c1C.[Cl-].[Mg+2]. The van der Waals surface area contributed by atoms with Crippen LogP contribution in [0.1, 0.15) is 22.3 Å². The van der Waals surface area contributed by atoms with E-state index in [2.05, 4.69) is 39.8 Å². The summed E-state index contributed by atoms with van der Waals surface area (Å²) in [5.41, 5.74) is 5.38. The molecule has 1 rings (SSSR count). The molecule has 0 aliphatic rings. The molecule has 0 saturated heterocycles. The average molecular weight is 193 g/mol. The number of benzene rings is 1.